The first-order valence-corrected chi connectivity index (χ1v) is 18.2. The van der Waals surface area contributed by atoms with E-state index in [9.17, 15) is 24.9 Å². The summed E-state index contributed by atoms with van der Waals surface area (Å²) in [4.78, 5) is 28.6. The number of aromatic hydroxyl groups is 1. The van der Waals surface area contributed by atoms with Crippen LogP contribution in [0.3, 0.4) is 0 Å². The molecule has 1 fully saturated rings. The topological polar surface area (TPSA) is 161 Å². The number of anilines is 1. The number of phenols is 1. The molecule has 10 nitrogen and oxygen atoms in total. The van der Waals surface area contributed by atoms with E-state index in [2.05, 4.69) is 28.5 Å². The van der Waals surface area contributed by atoms with Gasteiger partial charge in [-0.3, -0.25) is 9.69 Å². The number of rotatable bonds is 15. The van der Waals surface area contributed by atoms with Crippen molar-refractivity contribution in [1.29, 1.82) is 0 Å². The van der Waals surface area contributed by atoms with E-state index in [0.29, 0.717) is 36.2 Å². The molecule has 5 aromatic rings. The Bertz CT molecular complexity index is 1990. The summed E-state index contributed by atoms with van der Waals surface area (Å²) in [6, 6.07) is 30.3. The molecule has 0 saturated heterocycles. The number of aliphatic hydroxyl groups excluding tert-OH is 1. The van der Waals surface area contributed by atoms with E-state index < -0.39 is 12.2 Å². The van der Waals surface area contributed by atoms with Crippen LogP contribution in [-0.4, -0.2) is 51.6 Å². The number of nitrogens with one attached hydrogen (secondary N) is 2. The van der Waals surface area contributed by atoms with Gasteiger partial charge in [-0.15, -0.1) is 0 Å². The number of hydrogen-bond acceptors (Lipinski definition) is 7. The Morgan fingerprint density at radius 1 is 0.904 bits per heavy atom. The van der Waals surface area contributed by atoms with Gasteiger partial charge < -0.3 is 36.1 Å². The van der Waals surface area contributed by atoms with Gasteiger partial charge in [0.2, 0.25) is 5.56 Å². The number of aromatic amines is 1. The molecule has 4 aromatic carbocycles. The van der Waals surface area contributed by atoms with Crippen LogP contribution in [-0.2, 0) is 13.0 Å². The van der Waals surface area contributed by atoms with E-state index in [0.717, 1.165) is 85.1 Å². The maximum Gasteiger partial charge on any atom is 0.412 e. The molecule has 52 heavy (non-hydrogen) atoms. The van der Waals surface area contributed by atoms with Crippen LogP contribution in [0.4, 0.5) is 10.5 Å². The smallest absolute Gasteiger partial charge is 0.412 e. The molecule has 10 heteroatoms. The predicted molar refractivity (Wildman–Crippen MR) is 205 cm³/mol. The number of unbranched alkanes of at least 4 members (excludes halogenated alkanes) is 2. The van der Waals surface area contributed by atoms with Crippen molar-refractivity contribution in [3.8, 4) is 22.6 Å². The summed E-state index contributed by atoms with van der Waals surface area (Å²) in [6.45, 7) is 1.45. The van der Waals surface area contributed by atoms with Crippen molar-refractivity contribution < 1.29 is 24.9 Å². The number of H-pyrrole nitrogens is 1. The van der Waals surface area contributed by atoms with Crippen LogP contribution in [0.5, 0.6) is 11.5 Å². The van der Waals surface area contributed by atoms with Crippen LogP contribution in [0, 0.1) is 0 Å². The molecule has 1 atom stereocenters. The second-order valence-electron chi connectivity index (χ2n) is 13.7. The number of carboxylic acid groups (broad SMARTS) is 1. The summed E-state index contributed by atoms with van der Waals surface area (Å²) in [7, 11) is 0. The molecule has 0 bridgehead atoms. The van der Waals surface area contributed by atoms with E-state index in [-0.39, 0.29) is 23.4 Å². The second-order valence-corrected chi connectivity index (χ2v) is 13.7. The maximum absolute atomic E-state index is 12.7. The van der Waals surface area contributed by atoms with Crippen molar-refractivity contribution >= 4 is 22.7 Å². The zero-order valence-electron chi connectivity index (χ0n) is 29.3. The van der Waals surface area contributed by atoms with Gasteiger partial charge in [-0.05, 0) is 104 Å². The highest BCUT2D eigenvalue weighted by Gasteiger charge is 2.30. The number of carbonyl (C=O) groups is 1. The van der Waals surface area contributed by atoms with Crippen LogP contribution in [0.15, 0.2) is 102 Å². The Morgan fingerprint density at radius 2 is 1.65 bits per heavy atom. The average molecular weight is 705 g/mol. The molecule has 1 saturated carbocycles. The molecular formula is C42H48N4O6. The Hall–Kier alpha value is -5.16. The van der Waals surface area contributed by atoms with Gasteiger partial charge in [-0.1, -0.05) is 60.7 Å². The minimum atomic E-state index is -0.921. The summed E-state index contributed by atoms with van der Waals surface area (Å²) in [6.07, 6.45) is 5.14. The molecule has 0 spiro atoms. The number of fused-ring (bicyclic) bond motifs is 1. The van der Waals surface area contributed by atoms with Gasteiger partial charge in [0, 0.05) is 42.2 Å². The lowest BCUT2D eigenvalue weighted by atomic mass is 9.89. The molecule has 1 aliphatic rings. The van der Waals surface area contributed by atoms with Crippen LogP contribution >= 0.6 is 0 Å². The molecule has 0 aliphatic heterocycles. The average Bonchev–Trinajstić information content (AvgIpc) is 3.15. The number of nitrogens with zero attached hydrogens (tertiary/aromatic N) is 1. The number of amides is 1. The SMILES string of the molecule is N[C@H]1CC[C@H](N(C(=O)O)c2cc(CCCCCOc3ccc(CNC[C@H](O)c4ccc(O)c5[nH]c(=O)ccc45)cc3)ccc2-c2ccccc2)CC1. The van der Waals surface area contributed by atoms with Crippen molar-refractivity contribution in [2.75, 3.05) is 18.1 Å². The summed E-state index contributed by atoms with van der Waals surface area (Å²) < 4.78 is 6.00. The Balaban J connectivity index is 0.964. The number of aryl methyl sites for hydroxylation is 1. The number of phenolic OH excluding ortho intramolecular Hbond substituents is 1. The number of hydrogen-bond donors (Lipinski definition) is 6. The van der Waals surface area contributed by atoms with Crippen molar-refractivity contribution in [3.63, 3.8) is 0 Å². The third-order valence-electron chi connectivity index (χ3n) is 9.95. The zero-order chi connectivity index (χ0) is 36.5. The summed E-state index contributed by atoms with van der Waals surface area (Å²) in [5.41, 5.74) is 11.6. The number of aliphatic hydroxyl groups is 1. The van der Waals surface area contributed by atoms with Gasteiger partial charge in [0.05, 0.1) is 23.9 Å². The maximum atomic E-state index is 12.7. The van der Waals surface area contributed by atoms with E-state index in [1.807, 2.05) is 54.6 Å². The zero-order valence-corrected chi connectivity index (χ0v) is 29.3. The van der Waals surface area contributed by atoms with Gasteiger partial charge in [0.25, 0.3) is 0 Å². The minimum absolute atomic E-state index is 0.0372. The second kappa shape index (κ2) is 17.4. The van der Waals surface area contributed by atoms with Gasteiger partial charge in [-0.25, -0.2) is 4.79 Å². The third-order valence-corrected chi connectivity index (χ3v) is 9.95. The first kappa shape index (κ1) is 36.6. The van der Waals surface area contributed by atoms with Crippen LogP contribution in [0.25, 0.3) is 22.0 Å². The lowest BCUT2D eigenvalue weighted by molar-refractivity contribution is 0.176. The highest BCUT2D eigenvalue weighted by molar-refractivity contribution is 5.94. The highest BCUT2D eigenvalue weighted by Crippen LogP contribution is 2.36. The number of aromatic nitrogens is 1. The van der Waals surface area contributed by atoms with Gasteiger partial charge in [-0.2, -0.15) is 0 Å². The van der Waals surface area contributed by atoms with Gasteiger partial charge >= 0.3 is 6.09 Å². The number of pyridine rings is 1. The summed E-state index contributed by atoms with van der Waals surface area (Å²) in [5, 5.41) is 35.2. The lowest BCUT2D eigenvalue weighted by Gasteiger charge is -2.35. The largest absolute Gasteiger partial charge is 0.506 e. The molecular weight excluding hydrogens is 656 g/mol. The van der Waals surface area contributed by atoms with Gasteiger partial charge in [0.15, 0.2) is 0 Å². The minimum Gasteiger partial charge on any atom is -0.506 e. The third kappa shape index (κ3) is 9.19. The number of benzene rings is 4. The first-order chi connectivity index (χ1) is 25.3. The predicted octanol–water partition coefficient (Wildman–Crippen LogP) is 7.27. The number of nitrogens with two attached hydrogens (primary N) is 1. The first-order valence-electron chi connectivity index (χ1n) is 18.2. The number of ether oxygens (including phenoxy) is 1. The fraction of sp³-hybridized carbons (Fsp3) is 0.333. The van der Waals surface area contributed by atoms with Crippen molar-refractivity contribution in [2.45, 2.75) is 76.1 Å². The Labute approximate surface area is 303 Å². The normalized spacial score (nSPS) is 16.4. The van der Waals surface area contributed by atoms with Crippen molar-refractivity contribution in [3.05, 3.63) is 124 Å². The Morgan fingerprint density at radius 3 is 2.40 bits per heavy atom. The van der Waals surface area contributed by atoms with E-state index >= 15 is 0 Å². The van der Waals surface area contributed by atoms with Crippen molar-refractivity contribution in [2.24, 2.45) is 5.73 Å². The van der Waals surface area contributed by atoms with E-state index in [1.165, 1.54) is 12.1 Å². The van der Waals surface area contributed by atoms with E-state index in [1.54, 1.807) is 17.0 Å². The van der Waals surface area contributed by atoms with Crippen LogP contribution < -0.4 is 26.2 Å². The standard InChI is InChI=1S/C42H48N4O6/c43-31-13-15-32(16-14-31)46(42(50)51)37-25-28(12-19-34(37)30-8-4-1-5-9-30)7-3-2-6-24-52-33-17-10-29(11-18-33)26-44-27-39(48)35-20-22-38(47)41-36(35)21-23-40(49)45-41/h1,4-5,8-12,17-23,25,31-32,39,44,47-48H,2-3,6-7,13-16,24,26-27,43H2,(H,45,49)(H,50,51)/t31-,32-,39-/m0/s1. The Kier molecular flexibility index (Phi) is 12.2. The fourth-order valence-corrected chi connectivity index (χ4v) is 7.12. The molecule has 1 heterocycles. The highest BCUT2D eigenvalue weighted by atomic mass is 16.5. The molecule has 272 valence electrons. The van der Waals surface area contributed by atoms with E-state index in [4.69, 9.17) is 10.5 Å². The van der Waals surface area contributed by atoms with Crippen LogP contribution in [0.2, 0.25) is 0 Å². The summed E-state index contributed by atoms with van der Waals surface area (Å²) >= 11 is 0. The quantitative estimate of drug-likeness (QED) is 0.0621. The van der Waals surface area contributed by atoms with Crippen molar-refractivity contribution in [1.82, 2.24) is 10.3 Å². The molecule has 6 rings (SSSR count). The summed E-state index contributed by atoms with van der Waals surface area (Å²) in [5.74, 6) is 0.761. The lowest BCUT2D eigenvalue weighted by Crippen LogP contribution is -2.44. The molecule has 1 aromatic heterocycles. The monoisotopic (exact) mass is 704 g/mol. The molecule has 1 amide bonds. The molecule has 7 N–H and O–H groups in total. The molecule has 0 radical (unpaired) electrons. The fourth-order valence-electron chi connectivity index (χ4n) is 7.12. The molecule has 1 aliphatic carbocycles. The van der Waals surface area contributed by atoms with Crippen LogP contribution in [0.1, 0.15) is 67.7 Å². The van der Waals surface area contributed by atoms with Gasteiger partial charge in [0.1, 0.15) is 11.5 Å². The molecule has 0 unspecified atom stereocenters.